The van der Waals surface area contributed by atoms with Crippen LogP contribution < -0.4 is 0 Å². The van der Waals surface area contributed by atoms with Crippen LogP contribution >= 0.6 is 0 Å². The van der Waals surface area contributed by atoms with Crippen LogP contribution in [0.1, 0.15) is 52.9 Å². The fourth-order valence-electron chi connectivity index (χ4n) is 1.34. The molecule has 0 N–H and O–H groups in total. The van der Waals surface area contributed by atoms with Gasteiger partial charge in [-0.05, 0) is 25.3 Å². The molecule has 0 heteroatoms. The first-order chi connectivity index (χ1) is 7.74. The number of hydrogen-bond donors (Lipinski definition) is 0. The van der Waals surface area contributed by atoms with E-state index in [0.717, 1.165) is 24.8 Å². The smallest absolute Gasteiger partial charge is 0.0173 e. The Balaban J connectivity index is 4.18. The normalized spacial score (nSPS) is 11.3. The monoisotopic (exact) mass is 216 g/mol. The summed E-state index contributed by atoms with van der Waals surface area (Å²) in [5.41, 5.74) is 2.39. The van der Waals surface area contributed by atoms with E-state index < -0.39 is 0 Å². The Morgan fingerprint density at radius 2 is 1.94 bits per heavy atom. The van der Waals surface area contributed by atoms with E-state index in [2.05, 4.69) is 51.3 Å². The summed E-state index contributed by atoms with van der Waals surface area (Å²) >= 11 is 0. The van der Waals surface area contributed by atoms with Crippen molar-refractivity contribution < 1.29 is 0 Å². The molecule has 0 aliphatic rings. The van der Waals surface area contributed by atoms with Gasteiger partial charge in [-0.2, -0.15) is 0 Å². The Kier molecular flexibility index (Phi) is 9.52. The predicted molar refractivity (Wildman–Crippen MR) is 74.2 cm³/mol. The molecule has 0 aliphatic heterocycles. The third-order valence-electron chi connectivity index (χ3n) is 2.28. The van der Waals surface area contributed by atoms with E-state index in [4.69, 9.17) is 0 Å². The Morgan fingerprint density at radius 1 is 1.19 bits per heavy atom. The predicted octanol–water partition coefficient (Wildman–Crippen LogP) is 5.04. The molecule has 0 spiro atoms. The maximum Gasteiger partial charge on any atom is 0.0173 e. The highest BCUT2D eigenvalue weighted by Gasteiger charge is 1.89. The van der Waals surface area contributed by atoms with E-state index in [0.29, 0.717) is 0 Å². The molecule has 0 radical (unpaired) electrons. The molecule has 0 rings (SSSR count). The molecule has 0 aromatic carbocycles. The lowest BCUT2D eigenvalue weighted by Crippen LogP contribution is -1.78. The SMILES string of the molecule is C=C(C#CCCC)/C=C\C=C(\CC)CCC. The van der Waals surface area contributed by atoms with E-state index in [1.54, 1.807) is 0 Å². The lowest BCUT2D eigenvalue weighted by molar-refractivity contribution is 0.859. The van der Waals surface area contributed by atoms with E-state index in [9.17, 15) is 0 Å². The molecule has 0 unspecified atom stereocenters. The topological polar surface area (TPSA) is 0 Å². The lowest BCUT2D eigenvalue weighted by atomic mass is 10.1. The van der Waals surface area contributed by atoms with Crippen molar-refractivity contribution in [2.75, 3.05) is 0 Å². The molecular weight excluding hydrogens is 192 g/mol. The van der Waals surface area contributed by atoms with Gasteiger partial charge in [-0.1, -0.05) is 63.3 Å². The van der Waals surface area contributed by atoms with Crippen molar-refractivity contribution in [2.45, 2.75) is 52.9 Å². The zero-order chi connectivity index (χ0) is 12.2. The minimum Gasteiger partial charge on any atom is -0.0979 e. The Bertz CT molecular complexity index is 305. The highest BCUT2D eigenvalue weighted by Crippen LogP contribution is 2.09. The van der Waals surface area contributed by atoms with Crippen molar-refractivity contribution >= 4 is 0 Å². The van der Waals surface area contributed by atoms with Gasteiger partial charge in [-0.15, -0.1) is 0 Å². The summed E-state index contributed by atoms with van der Waals surface area (Å²) < 4.78 is 0. The average molecular weight is 216 g/mol. The molecule has 0 saturated carbocycles. The van der Waals surface area contributed by atoms with Crippen LogP contribution in [0.15, 0.2) is 36.0 Å². The van der Waals surface area contributed by atoms with E-state index in [1.165, 1.54) is 18.4 Å². The average Bonchev–Trinajstić information content (AvgIpc) is 2.28. The van der Waals surface area contributed by atoms with E-state index >= 15 is 0 Å². The molecule has 88 valence electrons. The molecule has 16 heavy (non-hydrogen) atoms. The molecule has 0 nitrogen and oxygen atoms in total. The second-order valence-corrected chi connectivity index (χ2v) is 3.86. The van der Waals surface area contributed by atoms with Gasteiger partial charge in [0.25, 0.3) is 0 Å². The van der Waals surface area contributed by atoms with Crippen LogP contribution in [-0.2, 0) is 0 Å². The largest absolute Gasteiger partial charge is 0.0979 e. The first-order valence-corrected chi connectivity index (χ1v) is 6.28. The number of allylic oxidation sites excluding steroid dienone is 5. The van der Waals surface area contributed by atoms with E-state index in [1.807, 2.05) is 6.08 Å². The molecule has 0 saturated heterocycles. The fraction of sp³-hybridized carbons (Fsp3) is 0.500. The number of rotatable bonds is 6. The maximum atomic E-state index is 3.91. The highest BCUT2D eigenvalue weighted by atomic mass is 13.9. The van der Waals surface area contributed by atoms with Crippen molar-refractivity contribution in [2.24, 2.45) is 0 Å². The van der Waals surface area contributed by atoms with Crippen molar-refractivity contribution in [3.05, 3.63) is 36.0 Å². The van der Waals surface area contributed by atoms with Crippen LogP contribution in [0.4, 0.5) is 0 Å². The third-order valence-corrected chi connectivity index (χ3v) is 2.28. The van der Waals surface area contributed by atoms with Crippen molar-refractivity contribution in [1.82, 2.24) is 0 Å². The van der Waals surface area contributed by atoms with Crippen LogP contribution in [0.2, 0.25) is 0 Å². The van der Waals surface area contributed by atoms with Gasteiger partial charge in [0.15, 0.2) is 0 Å². The molecule has 0 heterocycles. The summed E-state index contributed by atoms with van der Waals surface area (Å²) in [6, 6.07) is 0. The quantitative estimate of drug-likeness (QED) is 0.431. The standard InChI is InChI=1S/C16H24/c1-5-8-9-12-15(4)13-10-14-16(7-3)11-6-2/h10,13-14H,4-8,11H2,1-3H3/b13-10-,16-14-. The lowest BCUT2D eigenvalue weighted by Gasteiger charge is -1.98. The van der Waals surface area contributed by atoms with Crippen LogP contribution in [0.3, 0.4) is 0 Å². The summed E-state index contributed by atoms with van der Waals surface area (Å²) in [6.45, 7) is 10.4. The van der Waals surface area contributed by atoms with E-state index in [-0.39, 0.29) is 0 Å². The van der Waals surface area contributed by atoms with Crippen LogP contribution in [0.25, 0.3) is 0 Å². The first-order valence-electron chi connectivity index (χ1n) is 6.28. The first kappa shape index (κ1) is 14.8. The van der Waals surface area contributed by atoms with Gasteiger partial charge in [0.2, 0.25) is 0 Å². The summed E-state index contributed by atoms with van der Waals surface area (Å²) in [5.74, 6) is 6.14. The van der Waals surface area contributed by atoms with Gasteiger partial charge >= 0.3 is 0 Å². The molecule has 0 fully saturated rings. The number of hydrogen-bond acceptors (Lipinski definition) is 0. The van der Waals surface area contributed by atoms with Gasteiger partial charge in [0, 0.05) is 12.0 Å². The van der Waals surface area contributed by atoms with Gasteiger partial charge in [-0.25, -0.2) is 0 Å². The molecular formula is C16H24. The van der Waals surface area contributed by atoms with Gasteiger partial charge in [0.05, 0.1) is 0 Å². The minimum atomic E-state index is 0.900. The Hall–Kier alpha value is -1.22. The number of unbranched alkanes of at least 4 members (excludes halogenated alkanes) is 1. The molecule has 0 atom stereocenters. The minimum absolute atomic E-state index is 0.900. The zero-order valence-electron chi connectivity index (χ0n) is 11.0. The maximum absolute atomic E-state index is 3.91. The van der Waals surface area contributed by atoms with Gasteiger partial charge in [-0.3, -0.25) is 0 Å². The molecule has 0 aliphatic carbocycles. The molecule has 0 amide bonds. The van der Waals surface area contributed by atoms with Crippen molar-refractivity contribution in [1.29, 1.82) is 0 Å². The summed E-state index contributed by atoms with van der Waals surface area (Å²) in [5, 5.41) is 0. The molecule has 0 aromatic heterocycles. The zero-order valence-corrected chi connectivity index (χ0v) is 11.0. The fourth-order valence-corrected chi connectivity index (χ4v) is 1.34. The summed E-state index contributed by atoms with van der Waals surface area (Å²) in [4.78, 5) is 0. The summed E-state index contributed by atoms with van der Waals surface area (Å²) in [6.07, 6.45) is 11.9. The van der Waals surface area contributed by atoms with Gasteiger partial charge < -0.3 is 0 Å². The third kappa shape index (κ3) is 8.12. The molecule has 0 bridgehead atoms. The Labute approximate surface area is 101 Å². The van der Waals surface area contributed by atoms with Crippen LogP contribution in [0, 0.1) is 11.8 Å². The second-order valence-electron chi connectivity index (χ2n) is 3.86. The molecule has 0 aromatic rings. The van der Waals surface area contributed by atoms with Crippen LogP contribution in [-0.4, -0.2) is 0 Å². The second kappa shape index (κ2) is 10.3. The van der Waals surface area contributed by atoms with Crippen LogP contribution in [0.5, 0.6) is 0 Å². The summed E-state index contributed by atoms with van der Waals surface area (Å²) in [7, 11) is 0. The van der Waals surface area contributed by atoms with Crippen molar-refractivity contribution in [3.8, 4) is 11.8 Å². The van der Waals surface area contributed by atoms with Gasteiger partial charge in [0.1, 0.15) is 0 Å². The highest BCUT2D eigenvalue weighted by molar-refractivity contribution is 5.37. The Morgan fingerprint density at radius 3 is 2.50 bits per heavy atom. The van der Waals surface area contributed by atoms with Crippen molar-refractivity contribution in [3.63, 3.8) is 0 Å².